The fraction of sp³-hybridized carbons (Fsp3) is 0.455. The van der Waals surface area contributed by atoms with E-state index in [9.17, 15) is 5.11 Å². The SMILES string of the molecule is Cc1cc(O)ccc1CC1(N)CC1. The fourth-order valence-corrected chi connectivity index (χ4v) is 1.60. The van der Waals surface area contributed by atoms with Crippen molar-refractivity contribution in [3.05, 3.63) is 29.3 Å². The molecule has 1 fully saturated rings. The minimum atomic E-state index is 0.0573. The van der Waals surface area contributed by atoms with Gasteiger partial charge in [0.15, 0.2) is 0 Å². The first-order valence-corrected chi connectivity index (χ1v) is 4.66. The molecule has 1 aromatic carbocycles. The van der Waals surface area contributed by atoms with Crippen LogP contribution >= 0.6 is 0 Å². The number of aryl methyl sites for hydroxylation is 1. The monoisotopic (exact) mass is 177 g/mol. The second kappa shape index (κ2) is 2.74. The van der Waals surface area contributed by atoms with Gasteiger partial charge in [-0.3, -0.25) is 0 Å². The largest absolute Gasteiger partial charge is 0.508 e. The lowest BCUT2D eigenvalue weighted by Crippen LogP contribution is -2.24. The number of phenolic OH excluding ortho intramolecular Hbond substituents is 1. The highest BCUT2D eigenvalue weighted by molar-refractivity contribution is 5.35. The summed E-state index contributed by atoms with van der Waals surface area (Å²) < 4.78 is 0. The van der Waals surface area contributed by atoms with Crippen LogP contribution in [-0.4, -0.2) is 10.6 Å². The third-order valence-corrected chi connectivity index (χ3v) is 2.76. The summed E-state index contributed by atoms with van der Waals surface area (Å²) in [4.78, 5) is 0. The highest BCUT2D eigenvalue weighted by atomic mass is 16.3. The number of aromatic hydroxyl groups is 1. The zero-order valence-corrected chi connectivity index (χ0v) is 7.88. The fourth-order valence-electron chi connectivity index (χ4n) is 1.60. The Morgan fingerprint density at radius 1 is 1.46 bits per heavy atom. The van der Waals surface area contributed by atoms with Gasteiger partial charge in [-0.2, -0.15) is 0 Å². The van der Waals surface area contributed by atoms with Crippen molar-refractivity contribution in [1.29, 1.82) is 0 Å². The molecule has 1 saturated carbocycles. The Bertz CT molecular complexity index is 329. The van der Waals surface area contributed by atoms with Crippen molar-refractivity contribution in [2.45, 2.75) is 31.7 Å². The summed E-state index contributed by atoms with van der Waals surface area (Å²) in [5.41, 5.74) is 8.48. The van der Waals surface area contributed by atoms with Gasteiger partial charge in [-0.15, -0.1) is 0 Å². The van der Waals surface area contributed by atoms with E-state index >= 15 is 0 Å². The van der Waals surface area contributed by atoms with E-state index < -0.39 is 0 Å². The summed E-state index contributed by atoms with van der Waals surface area (Å²) >= 11 is 0. The lowest BCUT2D eigenvalue weighted by atomic mass is 10.00. The minimum Gasteiger partial charge on any atom is -0.508 e. The highest BCUT2D eigenvalue weighted by Gasteiger charge is 2.38. The van der Waals surface area contributed by atoms with Gasteiger partial charge < -0.3 is 10.8 Å². The Balaban J connectivity index is 2.20. The molecule has 3 N–H and O–H groups in total. The molecule has 0 radical (unpaired) electrons. The Labute approximate surface area is 78.4 Å². The molecule has 0 amide bonds. The van der Waals surface area contributed by atoms with Crippen LogP contribution in [-0.2, 0) is 6.42 Å². The van der Waals surface area contributed by atoms with Gasteiger partial charge in [-0.05, 0) is 49.4 Å². The smallest absolute Gasteiger partial charge is 0.115 e. The van der Waals surface area contributed by atoms with Crippen molar-refractivity contribution in [3.63, 3.8) is 0 Å². The molecule has 2 rings (SSSR count). The van der Waals surface area contributed by atoms with Crippen LogP contribution in [0.4, 0.5) is 0 Å². The van der Waals surface area contributed by atoms with Gasteiger partial charge >= 0.3 is 0 Å². The molecule has 0 bridgehead atoms. The quantitative estimate of drug-likeness (QED) is 0.722. The molecule has 0 saturated heterocycles. The Morgan fingerprint density at radius 3 is 2.69 bits per heavy atom. The van der Waals surface area contributed by atoms with Crippen LogP contribution in [0.25, 0.3) is 0 Å². The maximum atomic E-state index is 9.22. The van der Waals surface area contributed by atoms with Crippen LogP contribution in [0.5, 0.6) is 5.75 Å². The lowest BCUT2D eigenvalue weighted by Gasteiger charge is -2.11. The van der Waals surface area contributed by atoms with Crippen LogP contribution < -0.4 is 5.73 Å². The van der Waals surface area contributed by atoms with Gasteiger partial charge in [0.25, 0.3) is 0 Å². The number of hydrogen-bond acceptors (Lipinski definition) is 2. The van der Waals surface area contributed by atoms with E-state index in [1.807, 2.05) is 13.0 Å². The maximum absolute atomic E-state index is 9.22. The molecule has 1 aliphatic carbocycles. The molecule has 70 valence electrons. The average Bonchev–Trinajstić information content (AvgIpc) is 2.75. The van der Waals surface area contributed by atoms with Crippen LogP contribution in [0.3, 0.4) is 0 Å². The van der Waals surface area contributed by atoms with Crippen LogP contribution in [0.15, 0.2) is 18.2 Å². The zero-order chi connectivity index (χ0) is 9.47. The van der Waals surface area contributed by atoms with Crippen LogP contribution in [0.1, 0.15) is 24.0 Å². The van der Waals surface area contributed by atoms with Crippen molar-refractivity contribution >= 4 is 0 Å². The Kier molecular flexibility index (Phi) is 1.81. The molecule has 0 aromatic heterocycles. The summed E-state index contributed by atoms with van der Waals surface area (Å²) in [6.07, 6.45) is 3.21. The predicted octanol–water partition coefficient (Wildman–Crippen LogP) is 1.73. The van der Waals surface area contributed by atoms with E-state index in [4.69, 9.17) is 5.73 Å². The second-order valence-electron chi connectivity index (χ2n) is 4.15. The number of rotatable bonds is 2. The Hall–Kier alpha value is -1.02. The molecule has 0 spiro atoms. The van der Waals surface area contributed by atoms with Crippen molar-refractivity contribution in [2.75, 3.05) is 0 Å². The third kappa shape index (κ3) is 1.83. The number of hydrogen-bond donors (Lipinski definition) is 2. The van der Waals surface area contributed by atoms with Crippen LogP contribution in [0, 0.1) is 6.92 Å². The molecular formula is C11H15NO. The minimum absolute atomic E-state index is 0.0573. The van der Waals surface area contributed by atoms with Gasteiger partial charge in [0, 0.05) is 5.54 Å². The van der Waals surface area contributed by atoms with E-state index in [-0.39, 0.29) is 5.54 Å². The number of benzene rings is 1. The Morgan fingerprint density at radius 2 is 2.15 bits per heavy atom. The molecule has 0 heterocycles. The van der Waals surface area contributed by atoms with E-state index in [2.05, 4.69) is 0 Å². The van der Waals surface area contributed by atoms with Crippen LogP contribution in [0.2, 0.25) is 0 Å². The topological polar surface area (TPSA) is 46.2 Å². The number of phenols is 1. The first-order chi connectivity index (χ1) is 6.09. The van der Waals surface area contributed by atoms with Gasteiger partial charge in [-0.25, -0.2) is 0 Å². The van der Waals surface area contributed by atoms with Gasteiger partial charge in [-0.1, -0.05) is 6.07 Å². The molecule has 1 aliphatic rings. The summed E-state index contributed by atoms with van der Waals surface area (Å²) in [5.74, 6) is 0.336. The third-order valence-electron chi connectivity index (χ3n) is 2.76. The van der Waals surface area contributed by atoms with E-state index in [0.29, 0.717) is 5.75 Å². The molecule has 1 aromatic rings. The molecule has 13 heavy (non-hydrogen) atoms. The summed E-state index contributed by atoms with van der Waals surface area (Å²) in [7, 11) is 0. The molecular weight excluding hydrogens is 162 g/mol. The molecule has 2 heteroatoms. The number of nitrogens with two attached hydrogens (primary N) is 1. The first kappa shape index (κ1) is 8.57. The summed E-state index contributed by atoms with van der Waals surface area (Å²) in [5, 5.41) is 9.22. The molecule has 2 nitrogen and oxygen atoms in total. The van der Waals surface area contributed by atoms with Gasteiger partial charge in [0.05, 0.1) is 0 Å². The van der Waals surface area contributed by atoms with Crippen molar-refractivity contribution < 1.29 is 5.11 Å². The summed E-state index contributed by atoms with van der Waals surface area (Å²) in [6, 6.07) is 5.49. The maximum Gasteiger partial charge on any atom is 0.115 e. The lowest BCUT2D eigenvalue weighted by molar-refractivity contribution is 0.474. The van der Waals surface area contributed by atoms with Gasteiger partial charge in [0.1, 0.15) is 5.75 Å². The molecule has 0 atom stereocenters. The van der Waals surface area contributed by atoms with E-state index in [1.54, 1.807) is 12.1 Å². The standard InChI is InChI=1S/C11H15NO/c1-8-6-10(13)3-2-9(8)7-11(12)4-5-11/h2-3,6,13H,4-5,7,12H2,1H3. The molecule has 0 aliphatic heterocycles. The highest BCUT2D eigenvalue weighted by Crippen LogP contribution is 2.36. The average molecular weight is 177 g/mol. The van der Waals surface area contributed by atoms with Crippen molar-refractivity contribution in [3.8, 4) is 5.75 Å². The van der Waals surface area contributed by atoms with Gasteiger partial charge in [0.2, 0.25) is 0 Å². The zero-order valence-electron chi connectivity index (χ0n) is 7.88. The molecule has 0 unspecified atom stereocenters. The van der Waals surface area contributed by atoms with Crippen molar-refractivity contribution in [2.24, 2.45) is 5.73 Å². The summed E-state index contributed by atoms with van der Waals surface area (Å²) in [6.45, 7) is 2.01. The predicted molar refractivity (Wildman–Crippen MR) is 52.7 cm³/mol. The van der Waals surface area contributed by atoms with E-state index in [1.165, 1.54) is 5.56 Å². The normalized spacial score (nSPS) is 18.6. The second-order valence-corrected chi connectivity index (χ2v) is 4.15. The van der Waals surface area contributed by atoms with Crippen molar-refractivity contribution in [1.82, 2.24) is 0 Å². The van der Waals surface area contributed by atoms with E-state index in [0.717, 1.165) is 24.8 Å². The first-order valence-electron chi connectivity index (χ1n) is 4.66.